The molecule has 0 aliphatic carbocycles. The lowest BCUT2D eigenvalue weighted by atomic mass is 10.1. The first-order valence-electron chi connectivity index (χ1n) is 9.48. The van der Waals surface area contributed by atoms with Crippen LogP contribution in [0.4, 0.5) is 10.5 Å². The van der Waals surface area contributed by atoms with Crippen molar-refractivity contribution in [2.24, 2.45) is 0 Å². The van der Waals surface area contributed by atoms with E-state index in [-0.39, 0.29) is 6.42 Å². The highest BCUT2D eigenvalue weighted by Crippen LogP contribution is 2.17. The third-order valence-electron chi connectivity index (χ3n) is 4.14. The van der Waals surface area contributed by atoms with Crippen LogP contribution in [0, 0.1) is 0 Å². The van der Waals surface area contributed by atoms with Crippen LogP contribution in [0.25, 0.3) is 10.9 Å². The van der Waals surface area contributed by atoms with Crippen LogP contribution < -0.4 is 10.6 Å². The van der Waals surface area contributed by atoms with Crippen molar-refractivity contribution in [3.05, 3.63) is 72.4 Å². The summed E-state index contributed by atoms with van der Waals surface area (Å²) in [6.07, 6.45) is 0.247. The van der Waals surface area contributed by atoms with Crippen LogP contribution in [0.3, 0.4) is 0 Å². The Balaban J connectivity index is 1.77. The average molecular weight is 391 g/mol. The van der Waals surface area contributed by atoms with Crippen molar-refractivity contribution in [2.45, 2.75) is 38.8 Å². The quantitative estimate of drug-likeness (QED) is 0.679. The van der Waals surface area contributed by atoms with Crippen molar-refractivity contribution in [3.8, 4) is 0 Å². The number of para-hydroxylation sites is 1. The minimum atomic E-state index is -0.980. The van der Waals surface area contributed by atoms with E-state index in [1.54, 1.807) is 6.20 Å². The summed E-state index contributed by atoms with van der Waals surface area (Å²) in [6.45, 7) is 5.55. The van der Waals surface area contributed by atoms with Gasteiger partial charge in [0.15, 0.2) is 6.10 Å². The van der Waals surface area contributed by atoms with E-state index in [2.05, 4.69) is 15.6 Å². The van der Waals surface area contributed by atoms with Gasteiger partial charge in [0, 0.05) is 17.3 Å². The summed E-state index contributed by atoms with van der Waals surface area (Å²) in [5.74, 6) is -0.407. The van der Waals surface area contributed by atoms with Crippen LogP contribution in [0.15, 0.2) is 66.9 Å². The first-order chi connectivity index (χ1) is 13.8. The van der Waals surface area contributed by atoms with Crippen molar-refractivity contribution in [1.29, 1.82) is 0 Å². The first-order valence-corrected chi connectivity index (χ1v) is 9.48. The summed E-state index contributed by atoms with van der Waals surface area (Å²) in [6, 6.07) is 18.9. The fourth-order valence-corrected chi connectivity index (χ4v) is 2.84. The first kappa shape index (κ1) is 20.3. The van der Waals surface area contributed by atoms with Gasteiger partial charge in [0.2, 0.25) is 0 Å². The molecular weight excluding hydrogens is 366 g/mol. The van der Waals surface area contributed by atoms with Crippen LogP contribution in [0.1, 0.15) is 26.3 Å². The maximum Gasteiger partial charge on any atom is 0.408 e. The van der Waals surface area contributed by atoms with Crippen LogP contribution in [0.5, 0.6) is 0 Å². The molecule has 2 aromatic carbocycles. The smallest absolute Gasteiger partial charge is 0.408 e. The topological polar surface area (TPSA) is 80.3 Å². The van der Waals surface area contributed by atoms with Crippen molar-refractivity contribution < 1.29 is 14.3 Å². The highest BCUT2D eigenvalue weighted by Gasteiger charge is 2.25. The summed E-state index contributed by atoms with van der Waals surface area (Å²) in [5, 5.41) is 6.45. The Hall–Kier alpha value is -3.41. The lowest BCUT2D eigenvalue weighted by Gasteiger charge is -2.23. The maximum absolute atomic E-state index is 12.9. The van der Waals surface area contributed by atoms with Crippen LogP contribution in [0.2, 0.25) is 0 Å². The number of fused-ring (bicyclic) bond motifs is 1. The Kier molecular flexibility index (Phi) is 6.12. The molecule has 2 amide bonds. The molecule has 1 heterocycles. The Morgan fingerprint density at radius 3 is 2.45 bits per heavy atom. The van der Waals surface area contributed by atoms with Gasteiger partial charge in [-0.3, -0.25) is 9.78 Å². The highest BCUT2D eigenvalue weighted by atomic mass is 16.6. The number of hydrogen-bond donors (Lipinski definition) is 2. The zero-order chi connectivity index (χ0) is 20.9. The van der Waals surface area contributed by atoms with E-state index in [0.29, 0.717) is 5.69 Å². The van der Waals surface area contributed by atoms with E-state index >= 15 is 0 Å². The Labute approximate surface area is 170 Å². The molecule has 150 valence electrons. The highest BCUT2D eigenvalue weighted by molar-refractivity contribution is 5.97. The van der Waals surface area contributed by atoms with Crippen molar-refractivity contribution in [3.63, 3.8) is 0 Å². The lowest BCUT2D eigenvalue weighted by molar-refractivity contribution is -0.124. The van der Waals surface area contributed by atoms with Gasteiger partial charge in [-0.15, -0.1) is 0 Å². The Morgan fingerprint density at radius 1 is 1.03 bits per heavy atom. The number of carbonyl (C=O) groups is 2. The molecule has 0 aliphatic heterocycles. The second kappa shape index (κ2) is 8.73. The Morgan fingerprint density at radius 2 is 1.72 bits per heavy atom. The number of amides is 2. The van der Waals surface area contributed by atoms with E-state index < -0.39 is 23.6 Å². The normalized spacial score (nSPS) is 12.2. The van der Waals surface area contributed by atoms with Gasteiger partial charge >= 0.3 is 6.09 Å². The number of carbonyl (C=O) groups excluding carboxylic acids is 2. The number of nitrogens with zero attached hydrogens (tertiary/aromatic N) is 1. The number of alkyl carbamates (subject to hydrolysis) is 1. The van der Waals surface area contributed by atoms with E-state index in [4.69, 9.17) is 4.74 Å². The van der Waals surface area contributed by atoms with E-state index in [1.807, 2.05) is 81.4 Å². The summed E-state index contributed by atoms with van der Waals surface area (Å²) in [5.41, 5.74) is 1.82. The third-order valence-corrected chi connectivity index (χ3v) is 4.14. The molecule has 0 aliphatic rings. The minimum Gasteiger partial charge on any atom is -0.436 e. The maximum atomic E-state index is 12.9. The molecule has 0 unspecified atom stereocenters. The Bertz CT molecular complexity index is 997. The third kappa shape index (κ3) is 6.04. The standard InChI is InChI=1S/C23H25N3O3/c1-23(2,3)26-22(28)29-20(13-16-9-5-4-6-10-16)21(27)25-18-14-17-11-7-8-12-19(17)24-15-18/h4-12,14-15,20H,13H2,1-3H3,(H,25,27)(H,26,28)/t20-/m1/s1. The molecule has 0 saturated heterocycles. The molecule has 29 heavy (non-hydrogen) atoms. The number of nitrogens with one attached hydrogen (secondary N) is 2. The molecule has 0 spiro atoms. The van der Waals surface area contributed by atoms with E-state index in [1.165, 1.54) is 0 Å². The second-order valence-electron chi connectivity index (χ2n) is 7.86. The van der Waals surface area contributed by atoms with Gasteiger partial charge in [-0.1, -0.05) is 48.5 Å². The molecule has 3 rings (SSSR count). The van der Waals surface area contributed by atoms with Gasteiger partial charge in [0.1, 0.15) is 0 Å². The average Bonchev–Trinajstić information content (AvgIpc) is 2.66. The molecule has 0 radical (unpaired) electrons. The molecule has 1 atom stereocenters. The molecule has 0 saturated carbocycles. The van der Waals surface area contributed by atoms with Crippen LogP contribution in [-0.4, -0.2) is 28.6 Å². The van der Waals surface area contributed by atoms with Gasteiger partial charge in [-0.2, -0.15) is 0 Å². The molecule has 1 aromatic heterocycles. The van der Waals surface area contributed by atoms with Gasteiger partial charge in [-0.25, -0.2) is 4.79 Å². The van der Waals surface area contributed by atoms with Crippen molar-refractivity contribution >= 4 is 28.6 Å². The molecule has 3 aromatic rings. The SMILES string of the molecule is CC(C)(C)NC(=O)O[C@H](Cc1ccccc1)C(=O)Nc1cnc2ccccc2c1. The number of rotatable bonds is 5. The summed E-state index contributed by atoms with van der Waals surface area (Å²) >= 11 is 0. The predicted molar refractivity (Wildman–Crippen MR) is 114 cm³/mol. The molecular formula is C23H25N3O3. The lowest BCUT2D eigenvalue weighted by Crippen LogP contribution is -2.44. The number of benzene rings is 2. The molecule has 6 heteroatoms. The number of ether oxygens (including phenoxy) is 1. The van der Waals surface area contributed by atoms with Crippen molar-refractivity contribution in [1.82, 2.24) is 10.3 Å². The van der Waals surface area contributed by atoms with Gasteiger partial charge < -0.3 is 15.4 Å². The number of aromatic nitrogens is 1. The zero-order valence-corrected chi connectivity index (χ0v) is 16.8. The summed E-state index contributed by atoms with van der Waals surface area (Å²) < 4.78 is 5.47. The molecule has 6 nitrogen and oxygen atoms in total. The van der Waals surface area contributed by atoms with Gasteiger partial charge in [-0.05, 0) is 38.5 Å². The predicted octanol–water partition coefficient (Wildman–Crippen LogP) is 4.31. The monoisotopic (exact) mass is 391 g/mol. The zero-order valence-electron chi connectivity index (χ0n) is 16.8. The summed E-state index contributed by atoms with van der Waals surface area (Å²) in [7, 11) is 0. The largest absolute Gasteiger partial charge is 0.436 e. The van der Waals surface area contributed by atoms with Gasteiger partial charge in [0.25, 0.3) is 5.91 Å². The van der Waals surface area contributed by atoms with Gasteiger partial charge in [0.05, 0.1) is 17.4 Å². The number of anilines is 1. The fourth-order valence-electron chi connectivity index (χ4n) is 2.84. The second-order valence-corrected chi connectivity index (χ2v) is 7.86. The molecule has 0 fully saturated rings. The van der Waals surface area contributed by atoms with Crippen LogP contribution >= 0.6 is 0 Å². The van der Waals surface area contributed by atoms with Crippen LogP contribution in [-0.2, 0) is 16.0 Å². The fraction of sp³-hybridized carbons (Fsp3) is 0.261. The minimum absolute atomic E-state index is 0.269. The van der Waals surface area contributed by atoms with Crippen molar-refractivity contribution in [2.75, 3.05) is 5.32 Å². The number of pyridine rings is 1. The molecule has 0 bridgehead atoms. The number of hydrogen-bond acceptors (Lipinski definition) is 4. The molecule has 2 N–H and O–H groups in total. The summed E-state index contributed by atoms with van der Waals surface area (Å²) in [4.78, 5) is 29.5. The van der Waals surface area contributed by atoms with E-state index in [0.717, 1.165) is 16.5 Å². The van der Waals surface area contributed by atoms with E-state index in [9.17, 15) is 9.59 Å².